The van der Waals surface area contributed by atoms with Crippen LogP contribution in [-0.2, 0) is 16.7 Å². The van der Waals surface area contributed by atoms with Crippen LogP contribution >= 0.6 is 22.9 Å². The standard InChI is InChI=1S/C21H25ClN2O3S/c1-6-27-19(26)15-14-11-20(2,3)24-21(4,5)16(14)28-18(15)23-17(25)12-7-9-13(22)10-8-12/h7-10,24H,6,11H2,1-5H3,(H,23,25)/p+1. The number of quaternary nitrogens is 1. The number of nitrogens with two attached hydrogens (primary N) is 1. The maximum absolute atomic E-state index is 12.8. The molecular weight excluding hydrogens is 396 g/mol. The van der Waals surface area contributed by atoms with Crippen molar-refractivity contribution >= 4 is 39.8 Å². The summed E-state index contributed by atoms with van der Waals surface area (Å²) in [5.74, 6) is -0.665. The number of carbonyl (C=O) groups excluding carboxylic acids is 2. The number of carbonyl (C=O) groups is 2. The Morgan fingerprint density at radius 2 is 1.86 bits per heavy atom. The molecule has 0 saturated carbocycles. The topological polar surface area (TPSA) is 72.0 Å². The van der Waals surface area contributed by atoms with Crippen molar-refractivity contribution in [2.75, 3.05) is 11.9 Å². The SMILES string of the molecule is CCOC(=O)c1c(NC(=O)c2ccc(Cl)cc2)sc2c1CC(C)(C)[NH2+]C2(C)C. The molecule has 3 rings (SSSR count). The van der Waals surface area contributed by atoms with Crippen LogP contribution < -0.4 is 10.6 Å². The van der Waals surface area contributed by atoms with Crippen LogP contribution in [0.25, 0.3) is 0 Å². The number of rotatable bonds is 4. The van der Waals surface area contributed by atoms with Gasteiger partial charge in [-0.25, -0.2) is 4.79 Å². The van der Waals surface area contributed by atoms with Crippen LogP contribution in [0.3, 0.4) is 0 Å². The number of anilines is 1. The zero-order valence-corrected chi connectivity index (χ0v) is 18.4. The summed E-state index contributed by atoms with van der Waals surface area (Å²) < 4.78 is 5.32. The molecule has 0 atom stereocenters. The van der Waals surface area contributed by atoms with Crippen LogP contribution in [-0.4, -0.2) is 24.0 Å². The van der Waals surface area contributed by atoms with Gasteiger partial charge < -0.3 is 15.4 Å². The first-order valence-corrected chi connectivity index (χ1v) is 10.5. The van der Waals surface area contributed by atoms with E-state index in [9.17, 15) is 9.59 Å². The molecular formula is C21H26ClN2O3S+. The number of fused-ring (bicyclic) bond motifs is 1. The average molecular weight is 422 g/mol. The maximum atomic E-state index is 12.8. The predicted molar refractivity (Wildman–Crippen MR) is 112 cm³/mol. The van der Waals surface area contributed by atoms with Crippen molar-refractivity contribution in [2.45, 2.75) is 52.1 Å². The third-order valence-corrected chi connectivity index (χ3v) is 6.53. The van der Waals surface area contributed by atoms with E-state index in [1.807, 2.05) is 0 Å². The van der Waals surface area contributed by atoms with E-state index in [4.69, 9.17) is 16.3 Å². The molecule has 2 heterocycles. The van der Waals surface area contributed by atoms with Gasteiger partial charge in [-0.15, -0.1) is 11.3 Å². The fourth-order valence-electron chi connectivity index (χ4n) is 3.99. The molecule has 1 amide bonds. The minimum Gasteiger partial charge on any atom is -0.462 e. The first kappa shape index (κ1) is 20.8. The number of hydrogen-bond acceptors (Lipinski definition) is 4. The van der Waals surface area contributed by atoms with Gasteiger partial charge in [-0.1, -0.05) is 11.6 Å². The minimum absolute atomic E-state index is 0.0592. The van der Waals surface area contributed by atoms with Crippen LogP contribution in [0.1, 0.15) is 65.8 Å². The summed E-state index contributed by atoms with van der Waals surface area (Å²) in [7, 11) is 0. The highest BCUT2D eigenvalue weighted by atomic mass is 35.5. The number of esters is 1. The van der Waals surface area contributed by atoms with Crippen LogP contribution in [0.4, 0.5) is 5.00 Å². The molecule has 1 aromatic carbocycles. The summed E-state index contributed by atoms with van der Waals surface area (Å²) in [4.78, 5) is 26.6. The molecule has 1 aromatic heterocycles. The Labute approximate surface area is 174 Å². The molecule has 0 aliphatic carbocycles. The van der Waals surface area contributed by atoms with Crippen molar-refractivity contribution in [3.8, 4) is 0 Å². The lowest BCUT2D eigenvalue weighted by Crippen LogP contribution is -3.03. The highest BCUT2D eigenvalue weighted by Crippen LogP contribution is 2.42. The van der Waals surface area contributed by atoms with E-state index in [0.717, 1.165) is 16.9 Å². The Morgan fingerprint density at radius 3 is 2.46 bits per heavy atom. The molecule has 150 valence electrons. The van der Waals surface area contributed by atoms with Gasteiger partial charge in [0.25, 0.3) is 5.91 Å². The van der Waals surface area contributed by atoms with Crippen molar-refractivity contribution in [3.05, 3.63) is 50.9 Å². The Bertz CT molecular complexity index is 916. The highest BCUT2D eigenvalue weighted by Gasteiger charge is 2.45. The van der Waals surface area contributed by atoms with Gasteiger partial charge in [-0.05, 0) is 64.4 Å². The van der Waals surface area contributed by atoms with Crippen molar-refractivity contribution < 1.29 is 19.6 Å². The second-order valence-corrected chi connectivity index (χ2v) is 9.78. The smallest absolute Gasteiger partial charge is 0.341 e. The zero-order chi connectivity index (χ0) is 20.7. The van der Waals surface area contributed by atoms with Crippen LogP contribution in [0, 0.1) is 0 Å². The zero-order valence-electron chi connectivity index (χ0n) is 16.8. The van der Waals surface area contributed by atoms with Gasteiger partial charge in [-0.2, -0.15) is 0 Å². The van der Waals surface area contributed by atoms with Crippen molar-refractivity contribution in [1.29, 1.82) is 0 Å². The molecule has 0 saturated heterocycles. The van der Waals surface area contributed by atoms with Crippen molar-refractivity contribution in [1.82, 2.24) is 0 Å². The van der Waals surface area contributed by atoms with Gasteiger partial charge in [0, 0.05) is 17.0 Å². The van der Waals surface area contributed by atoms with E-state index in [1.165, 1.54) is 11.3 Å². The minimum atomic E-state index is -0.389. The molecule has 3 N–H and O–H groups in total. The van der Waals surface area contributed by atoms with Crippen LogP contribution in [0.5, 0.6) is 0 Å². The summed E-state index contributed by atoms with van der Waals surface area (Å²) in [5, 5.41) is 6.36. The van der Waals surface area contributed by atoms with Gasteiger partial charge in [0.1, 0.15) is 10.5 Å². The summed E-state index contributed by atoms with van der Waals surface area (Å²) >= 11 is 7.37. The largest absolute Gasteiger partial charge is 0.462 e. The molecule has 7 heteroatoms. The summed E-state index contributed by atoms with van der Waals surface area (Å²) in [6.07, 6.45) is 0.729. The van der Waals surface area contributed by atoms with Gasteiger partial charge in [0.15, 0.2) is 0 Å². The van der Waals surface area contributed by atoms with E-state index in [0.29, 0.717) is 21.2 Å². The Morgan fingerprint density at radius 1 is 1.21 bits per heavy atom. The van der Waals surface area contributed by atoms with E-state index in [1.54, 1.807) is 31.2 Å². The molecule has 5 nitrogen and oxygen atoms in total. The Balaban J connectivity index is 2.06. The third kappa shape index (κ3) is 4.09. The van der Waals surface area contributed by atoms with Crippen LogP contribution in [0.2, 0.25) is 5.02 Å². The molecule has 0 spiro atoms. The highest BCUT2D eigenvalue weighted by molar-refractivity contribution is 7.17. The lowest BCUT2D eigenvalue weighted by atomic mass is 9.81. The first-order valence-electron chi connectivity index (χ1n) is 9.31. The monoisotopic (exact) mass is 421 g/mol. The summed E-state index contributed by atoms with van der Waals surface area (Å²) in [6.45, 7) is 10.7. The number of nitrogens with one attached hydrogen (secondary N) is 1. The average Bonchev–Trinajstić information content (AvgIpc) is 2.92. The molecule has 0 bridgehead atoms. The van der Waals surface area contributed by atoms with E-state index < -0.39 is 0 Å². The fraction of sp³-hybridized carbons (Fsp3) is 0.429. The fourth-order valence-corrected chi connectivity index (χ4v) is 5.39. The van der Waals surface area contributed by atoms with E-state index in [-0.39, 0.29) is 29.6 Å². The Kier molecular flexibility index (Phi) is 5.58. The molecule has 0 fully saturated rings. The lowest BCUT2D eigenvalue weighted by Gasteiger charge is -2.38. The quantitative estimate of drug-likeness (QED) is 0.734. The second-order valence-electron chi connectivity index (χ2n) is 8.33. The molecule has 2 aromatic rings. The number of ether oxygens (including phenoxy) is 1. The van der Waals surface area contributed by atoms with Gasteiger partial charge >= 0.3 is 5.97 Å². The number of halogens is 1. The van der Waals surface area contributed by atoms with Crippen LogP contribution in [0.15, 0.2) is 24.3 Å². The molecule has 0 unspecified atom stereocenters. The van der Waals surface area contributed by atoms with Gasteiger partial charge in [0.05, 0.1) is 22.6 Å². The maximum Gasteiger partial charge on any atom is 0.341 e. The van der Waals surface area contributed by atoms with Crippen molar-refractivity contribution in [3.63, 3.8) is 0 Å². The number of amides is 1. The van der Waals surface area contributed by atoms with Gasteiger partial charge in [-0.3, -0.25) is 4.79 Å². The van der Waals surface area contributed by atoms with Crippen molar-refractivity contribution in [2.24, 2.45) is 0 Å². The molecule has 1 aliphatic heterocycles. The van der Waals surface area contributed by atoms with E-state index in [2.05, 4.69) is 38.3 Å². The third-order valence-electron chi connectivity index (χ3n) is 4.79. The number of thiophene rings is 1. The number of benzene rings is 1. The molecule has 1 aliphatic rings. The lowest BCUT2D eigenvalue weighted by molar-refractivity contribution is -0.789. The second kappa shape index (κ2) is 7.50. The Hall–Kier alpha value is -1.89. The normalized spacial score (nSPS) is 16.9. The first-order chi connectivity index (χ1) is 13.0. The van der Waals surface area contributed by atoms with E-state index >= 15 is 0 Å². The summed E-state index contributed by atoms with van der Waals surface area (Å²) in [5.41, 5.74) is 1.69. The molecule has 28 heavy (non-hydrogen) atoms. The predicted octanol–water partition coefficient (Wildman–Crippen LogP) is 3.96. The number of hydrogen-bond donors (Lipinski definition) is 2. The molecule has 0 radical (unpaired) electrons. The summed E-state index contributed by atoms with van der Waals surface area (Å²) in [6, 6.07) is 6.66. The van der Waals surface area contributed by atoms with Gasteiger partial charge in [0.2, 0.25) is 0 Å².